The highest BCUT2D eigenvalue weighted by Crippen LogP contribution is 2.41. The number of carboxylic acids is 1. The van der Waals surface area contributed by atoms with Gasteiger partial charge in [-0.15, -0.1) is 0 Å². The van der Waals surface area contributed by atoms with Crippen molar-refractivity contribution in [2.45, 2.75) is 50.7 Å². The number of aryl methyl sites for hydroxylation is 1. The maximum absolute atomic E-state index is 12.9. The number of benzene rings is 1. The van der Waals surface area contributed by atoms with Crippen molar-refractivity contribution in [3.63, 3.8) is 0 Å². The lowest BCUT2D eigenvalue weighted by Crippen LogP contribution is -2.47. The molecule has 0 radical (unpaired) electrons. The Bertz CT molecular complexity index is 764. The van der Waals surface area contributed by atoms with Gasteiger partial charge < -0.3 is 10.0 Å². The fourth-order valence-corrected chi connectivity index (χ4v) is 4.37. The highest BCUT2D eigenvalue weighted by atomic mass is 19.4. The van der Waals surface area contributed by atoms with Crippen LogP contribution in [0.3, 0.4) is 0 Å². The number of hydrogen-bond acceptors (Lipinski definition) is 3. The molecule has 5 nitrogen and oxygen atoms in total. The molecule has 1 amide bonds. The first-order valence-corrected chi connectivity index (χ1v) is 10.0. The average Bonchev–Trinajstić information content (AvgIpc) is 3.24. The van der Waals surface area contributed by atoms with Crippen LogP contribution in [0.4, 0.5) is 13.2 Å². The van der Waals surface area contributed by atoms with Crippen LogP contribution in [0.25, 0.3) is 0 Å². The van der Waals surface area contributed by atoms with E-state index >= 15 is 0 Å². The average molecular weight is 412 g/mol. The third kappa shape index (κ3) is 5.10. The molecule has 2 aliphatic heterocycles. The van der Waals surface area contributed by atoms with E-state index in [2.05, 4.69) is 9.80 Å². The fraction of sp³-hybridized carbons (Fsp3) is 0.619. The van der Waals surface area contributed by atoms with Crippen molar-refractivity contribution in [3.05, 3.63) is 35.4 Å². The fourth-order valence-electron chi connectivity index (χ4n) is 4.37. The zero-order valence-electron chi connectivity index (χ0n) is 16.5. The van der Waals surface area contributed by atoms with Crippen molar-refractivity contribution in [2.24, 2.45) is 5.92 Å². The van der Waals surface area contributed by atoms with E-state index in [1.807, 2.05) is 31.2 Å². The van der Waals surface area contributed by atoms with Gasteiger partial charge in [0.2, 0.25) is 0 Å². The van der Waals surface area contributed by atoms with Crippen LogP contribution in [0, 0.1) is 12.8 Å². The molecule has 1 unspecified atom stereocenters. The second kappa shape index (κ2) is 8.34. The minimum Gasteiger partial charge on any atom is -0.475 e. The van der Waals surface area contributed by atoms with Crippen LogP contribution < -0.4 is 0 Å². The highest BCUT2D eigenvalue weighted by Gasteiger charge is 2.48. The number of alkyl halides is 3. The summed E-state index contributed by atoms with van der Waals surface area (Å²) in [6.45, 7) is 6.41. The molecule has 3 fully saturated rings. The van der Waals surface area contributed by atoms with Gasteiger partial charge in [0, 0.05) is 30.7 Å². The van der Waals surface area contributed by atoms with Crippen LogP contribution in [0.5, 0.6) is 0 Å². The van der Waals surface area contributed by atoms with Crippen molar-refractivity contribution in [1.29, 1.82) is 0 Å². The topological polar surface area (TPSA) is 60.9 Å². The SMILES string of the molecule is Cc1ccccc1C(=O)N1CCC2(CCCN2CC2CC2)C1.O=C(O)C(F)(F)F. The number of aliphatic carboxylic acids is 1. The summed E-state index contributed by atoms with van der Waals surface area (Å²) in [4.78, 5) is 26.6. The van der Waals surface area contributed by atoms with Gasteiger partial charge in [-0.05, 0) is 63.1 Å². The lowest BCUT2D eigenvalue weighted by Gasteiger charge is -2.35. The van der Waals surface area contributed by atoms with Gasteiger partial charge >= 0.3 is 12.1 Å². The number of likely N-dealkylation sites (tertiary alicyclic amines) is 2. The van der Waals surface area contributed by atoms with E-state index in [4.69, 9.17) is 9.90 Å². The summed E-state index contributed by atoms with van der Waals surface area (Å²) in [6, 6.07) is 7.99. The second-order valence-electron chi connectivity index (χ2n) is 8.31. The minimum atomic E-state index is -5.08. The lowest BCUT2D eigenvalue weighted by atomic mass is 9.95. The normalized spacial score (nSPS) is 24.5. The smallest absolute Gasteiger partial charge is 0.475 e. The van der Waals surface area contributed by atoms with Gasteiger partial charge in [0.15, 0.2) is 0 Å². The molecular weight excluding hydrogens is 385 g/mol. The Morgan fingerprint density at radius 2 is 1.83 bits per heavy atom. The summed E-state index contributed by atoms with van der Waals surface area (Å²) in [5, 5.41) is 7.12. The Hall–Kier alpha value is -2.09. The first-order valence-electron chi connectivity index (χ1n) is 10.0. The Balaban J connectivity index is 0.000000298. The summed E-state index contributed by atoms with van der Waals surface area (Å²) in [7, 11) is 0. The number of halogens is 3. The van der Waals surface area contributed by atoms with Gasteiger partial charge in [0.1, 0.15) is 0 Å². The van der Waals surface area contributed by atoms with Crippen LogP contribution in [0.2, 0.25) is 0 Å². The Kier molecular flexibility index (Phi) is 6.22. The zero-order chi connectivity index (χ0) is 21.2. The molecule has 4 rings (SSSR count). The monoisotopic (exact) mass is 412 g/mol. The highest BCUT2D eigenvalue weighted by molar-refractivity contribution is 5.95. The standard InChI is InChI=1S/C19H26N2O.C2HF3O2/c1-15-5-2-3-6-17(15)18(22)20-12-10-19(14-20)9-4-11-21(19)13-16-7-8-16;3-2(4,5)1(6)7/h2-3,5-6,16H,4,7-14H2,1H3;(H,6,7). The Morgan fingerprint density at radius 3 is 2.41 bits per heavy atom. The largest absolute Gasteiger partial charge is 0.490 e. The maximum Gasteiger partial charge on any atom is 0.490 e. The molecule has 2 saturated heterocycles. The summed E-state index contributed by atoms with van der Waals surface area (Å²) in [6.07, 6.45) is 1.49. The van der Waals surface area contributed by atoms with Crippen LogP contribution in [0.15, 0.2) is 24.3 Å². The van der Waals surface area contributed by atoms with Crippen LogP contribution >= 0.6 is 0 Å². The number of hydrogen-bond donors (Lipinski definition) is 1. The molecule has 29 heavy (non-hydrogen) atoms. The van der Waals surface area contributed by atoms with E-state index in [1.54, 1.807) is 0 Å². The van der Waals surface area contributed by atoms with Gasteiger partial charge in [0.05, 0.1) is 0 Å². The molecule has 0 bridgehead atoms. The van der Waals surface area contributed by atoms with Crippen molar-refractivity contribution < 1.29 is 27.9 Å². The molecule has 1 aromatic rings. The molecule has 1 aliphatic carbocycles. The summed E-state index contributed by atoms with van der Waals surface area (Å²) in [5.41, 5.74) is 2.27. The van der Waals surface area contributed by atoms with Crippen molar-refractivity contribution in [1.82, 2.24) is 9.80 Å². The van der Waals surface area contributed by atoms with Crippen LogP contribution in [-0.2, 0) is 4.79 Å². The summed E-state index contributed by atoms with van der Waals surface area (Å²) in [5.74, 6) is -1.59. The summed E-state index contributed by atoms with van der Waals surface area (Å²) >= 11 is 0. The van der Waals surface area contributed by atoms with Crippen LogP contribution in [0.1, 0.15) is 48.0 Å². The van der Waals surface area contributed by atoms with E-state index < -0.39 is 12.1 Å². The predicted molar refractivity (Wildman–Crippen MR) is 102 cm³/mol. The summed E-state index contributed by atoms with van der Waals surface area (Å²) < 4.78 is 31.7. The third-order valence-electron chi connectivity index (χ3n) is 6.15. The number of nitrogens with zero attached hydrogens (tertiary/aromatic N) is 2. The Labute approximate surface area is 168 Å². The number of amides is 1. The van der Waals surface area contributed by atoms with Gasteiger partial charge in [0.25, 0.3) is 5.91 Å². The number of carboxylic acid groups (broad SMARTS) is 1. The van der Waals surface area contributed by atoms with Gasteiger partial charge in [-0.25, -0.2) is 4.79 Å². The molecule has 1 atom stereocenters. The molecule has 2 heterocycles. The van der Waals surface area contributed by atoms with Gasteiger partial charge in [-0.1, -0.05) is 18.2 Å². The molecule has 3 aliphatic rings. The predicted octanol–water partition coefficient (Wildman–Crippen LogP) is 3.72. The van der Waals surface area contributed by atoms with Crippen molar-refractivity contribution in [3.8, 4) is 0 Å². The van der Waals surface area contributed by atoms with Crippen molar-refractivity contribution in [2.75, 3.05) is 26.2 Å². The Morgan fingerprint density at radius 1 is 1.17 bits per heavy atom. The zero-order valence-corrected chi connectivity index (χ0v) is 16.5. The van der Waals surface area contributed by atoms with E-state index in [-0.39, 0.29) is 5.91 Å². The lowest BCUT2D eigenvalue weighted by molar-refractivity contribution is -0.192. The molecule has 1 N–H and O–H groups in total. The maximum atomic E-state index is 12.9. The molecule has 1 saturated carbocycles. The van der Waals surface area contributed by atoms with Crippen molar-refractivity contribution >= 4 is 11.9 Å². The molecule has 1 aromatic carbocycles. The second-order valence-corrected chi connectivity index (χ2v) is 8.31. The van der Waals surface area contributed by atoms with E-state index in [0.717, 1.165) is 36.6 Å². The van der Waals surface area contributed by atoms with Crippen LogP contribution in [-0.4, -0.2) is 64.7 Å². The van der Waals surface area contributed by atoms with E-state index in [1.165, 1.54) is 38.8 Å². The first-order chi connectivity index (χ1) is 13.6. The van der Waals surface area contributed by atoms with Gasteiger partial charge in [-0.3, -0.25) is 9.69 Å². The first kappa shape index (κ1) is 21.6. The number of carbonyl (C=O) groups is 2. The van der Waals surface area contributed by atoms with Gasteiger partial charge in [-0.2, -0.15) is 13.2 Å². The molecule has 8 heteroatoms. The molecule has 1 spiro atoms. The third-order valence-corrected chi connectivity index (χ3v) is 6.15. The molecule has 0 aromatic heterocycles. The van der Waals surface area contributed by atoms with E-state index in [0.29, 0.717) is 5.54 Å². The molecular formula is C21H27F3N2O3. The number of rotatable bonds is 3. The molecule has 160 valence electrons. The van der Waals surface area contributed by atoms with E-state index in [9.17, 15) is 18.0 Å². The number of carbonyl (C=O) groups excluding carboxylic acids is 1. The quantitative estimate of drug-likeness (QED) is 0.822. The minimum absolute atomic E-state index is 0.230.